The fourth-order valence-corrected chi connectivity index (χ4v) is 5.83. The van der Waals surface area contributed by atoms with Crippen LogP contribution in [0.4, 0.5) is 10.5 Å². The molecule has 1 aliphatic heterocycles. The molecule has 0 bridgehead atoms. The second-order valence-corrected chi connectivity index (χ2v) is 11.7. The lowest BCUT2D eigenvalue weighted by molar-refractivity contribution is -0.127. The first-order valence-electron chi connectivity index (χ1n) is 14.8. The molecule has 0 radical (unpaired) electrons. The van der Waals surface area contributed by atoms with E-state index in [-0.39, 0.29) is 36.4 Å². The average molecular weight is 682 g/mol. The summed E-state index contributed by atoms with van der Waals surface area (Å²) in [5.41, 5.74) is 3.09. The monoisotopic (exact) mass is 680 g/mol. The number of pyridine rings is 1. The molecule has 1 saturated heterocycles. The van der Waals surface area contributed by atoms with E-state index in [1.807, 2.05) is 34.9 Å². The number of amides is 3. The number of carbonyl (C=O) groups excluding carboxylic acids is 3. The zero-order chi connectivity index (χ0) is 33.7. The summed E-state index contributed by atoms with van der Waals surface area (Å²) >= 11 is 13.3. The minimum atomic E-state index is -0.549. The summed E-state index contributed by atoms with van der Waals surface area (Å²) in [6, 6.07) is 14.9. The molecule has 1 unspecified atom stereocenters. The number of hydrogen-bond acceptors (Lipinski definition) is 8. The van der Waals surface area contributed by atoms with Gasteiger partial charge < -0.3 is 29.3 Å². The van der Waals surface area contributed by atoms with Crippen LogP contribution in [0.2, 0.25) is 10.0 Å². The van der Waals surface area contributed by atoms with E-state index in [9.17, 15) is 14.4 Å². The predicted octanol–water partition coefficient (Wildman–Crippen LogP) is 5.45. The number of benzene rings is 2. The SMILES string of the molecule is C=C(C)OC(=O)N1CCC(C(=O)NCC(=O)N(C)c2ccc(Cl)c(COc3cccc4c3nc(OC)n4Cc3ccccn3)c2Cl)C1. The molecule has 5 rings (SSSR count). The van der Waals surface area contributed by atoms with Crippen molar-refractivity contribution in [3.63, 3.8) is 0 Å². The number of likely N-dealkylation sites (N-methyl/N-ethyl adjacent to an activating group) is 1. The summed E-state index contributed by atoms with van der Waals surface area (Å²) < 4.78 is 18.7. The van der Waals surface area contributed by atoms with Crippen molar-refractivity contribution >= 4 is 57.8 Å². The molecule has 0 spiro atoms. The number of imidazole rings is 1. The predicted molar refractivity (Wildman–Crippen MR) is 178 cm³/mol. The van der Waals surface area contributed by atoms with E-state index in [2.05, 4.69) is 21.9 Å². The number of anilines is 1. The summed E-state index contributed by atoms with van der Waals surface area (Å²) in [6.07, 6.45) is 1.64. The van der Waals surface area contributed by atoms with Gasteiger partial charge in [-0.25, -0.2) is 4.79 Å². The van der Waals surface area contributed by atoms with E-state index < -0.39 is 17.9 Å². The molecule has 246 valence electrons. The lowest BCUT2D eigenvalue weighted by Crippen LogP contribution is -2.41. The minimum Gasteiger partial charge on any atom is -0.486 e. The molecule has 1 N–H and O–H groups in total. The molecular formula is C33H34Cl2N6O6. The van der Waals surface area contributed by atoms with Gasteiger partial charge in [0.2, 0.25) is 11.8 Å². The van der Waals surface area contributed by atoms with E-state index in [4.69, 9.17) is 37.4 Å². The van der Waals surface area contributed by atoms with Crippen LogP contribution in [0.5, 0.6) is 11.8 Å². The molecule has 14 heteroatoms. The number of nitrogens with zero attached hydrogens (tertiary/aromatic N) is 5. The van der Waals surface area contributed by atoms with Gasteiger partial charge in [-0.1, -0.05) is 41.9 Å². The number of ether oxygens (including phenoxy) is 3. The highest BCUT2D eigenvalue weighted by Gasteiger charge is 2.32. The molecule has 0 aliphatic carbocycles. The van der Waals surface area contributed by atoms with Gasteiger partial charge in [0.1, 0.15) is 17.9 Å². The smallest absolute Gasteiger partial charge is 0.414 e. The Kier molecular flexibility index (Phi) is 10.5. The molecule has 1 atom stereocenters. The number of nitrogens with one attached hydrogen (secondary N) is 1. The highest BCUT2D eigenvalue weighted by Crippen LogP contribution is 2.36. The fraction of sp³-hybridized carbons (Fsp3) is 0.303. The maximum absolute atomic E-state index is 13.1. The standard InChI is InChI=1S/C33H34Cl2N6O6/c1-20(2)47-33(44)40-15-13-21(17-40)31(43)37-16-28(42)39(3)25-12-11-24(34)23(29(25)35)19-46-27-10-7-9-26-30(27)38-32(45-4)41(26)18-22-8-5-6-14-36-22/h5-12,14,21H,1,13,15-19H2,2-4H3,(H,37,43). The van der Waals surface area contributed by atoms with Crippen molar-refractivity contribution in [2.75, 3.05) is 38.7 Å². The van der Waals surface area contributed by atoms with E-state index in [0.717, 1.165) is 11.2 Å². The van der Waals surface area contributed by atoms with Crippen LogP contribution in [-0.2, 0) is 27.5 Å². The first kappa shape index (κ1) is 33.6. The van der Waals surface area contributed by atoms with Crippen LogP contribution in [0, 0.1) is 5.92 Å². The van der Waals surface area contributed by atoms with Gasteiger partial charge in [-0.05, 0) is 49.7 Å². The van der Waals surface area contributed by atoms with Gasteiger partial charge >= 0.3 is 6.09 Å². The molecule has 4 aromatic rings. The fourth-order valence-electron chi connectivity index (χ4n) is 5.22. The largest absolute Gasteiger partial charge is 0.486 e. The van der Waals surface area contributed by atoms with Crippen molar-refractivity contribution in [2.45, 2.75) is 26.5 Å². The second kappa shape index (κ2) is 14.7. The number of halogens is 2. The quantitative estimate of drug-likeness (QED) is 0.207. The van der Waals surface area contributed by atoms with E-state index in [1.54, 1.807) is 45.5 Å². The summed E-state index contributed by atoms with van der Waals surface area (Å²) in [5, 5.41) is 3.25. The van der Waals surface area contributed by atoms with Crippen molar-refractivity contribution in [3.05, 3.63) is 88.4 Å². The number of aromatic nitrogens is 3. The zero-order valence-electron chi connectivity index (χ0n) is 26.2. The van der Waals surface area contributed by atoms with Crippen LogP contribution >= 0.6 is 23.2 Å². The number of methoxy groups -OCH3 is 1. The van der Waals surface area contributed by atoms with Gasteiger partial charge in [-0.2, -0.15) is 4.98 Å². The third-order valence-electron chi connectivity index (χ3n) is 7.70. The number of fused-ring (bicyclic) bond motifs is 1. The van der Waals surface area contributed by atoms with Crippen LogP contribution in [0.15, 0.2) is 67.1 Å². The van der Waals surface area contributed by atoms with Crippen molar-refractivity contribution in [1.29, 1.82) is 0 Å². The first-order valence-corrected chi connectivity index (χ1v) is 15.5. The second-order valence-electron chi connectivity index (χ2n) is 10.9. The van der Waals surface area contributed by atoms with E-state index in [1.165, 1.54) is 9.80 Å². The van der Waals surface area contributed by atoms with Crippen LogP contribution in [0.25, 0.3) is 11.0 Å². The topological polar surface area (TPSA) is 128 Å². The van der Waals surface area contributed by atoms with Crippen LogP contribution < -0.4 is 19.7 Å². The molecule has 2 aromatic heterocycles. The molecule has 2 aromatic carbocycles. The number of hydrogen-bond donors (Lipinski definition) is 1. The Morgan fingerprint density at radius 1 is 1.13 bits per heavy atom. The Balaban J connectivity index is 1.25. The normalized spacial score (nSPS) is 14.1. The highest BCUT2D eigenvalue weighted by molar-refractivity contribution is 6.38. The van der Waals surface area contributed by atoms with E-state index >= 15 is 0 Å². The van der Waals surface area contributed by atoms with E-state index in [0.29, 0.717) is 53.1 Å². The van der Waals surface area contributed by atoms with Crippen molar-refractivity contribution in [1.82, 2.24) is 24.8 Å². The number of likely N-dealkylation sites (tertiary alicyclic amines) is 1. The summed E-state index contributed by atoms with van der Waals surface area (Å²) in [7, 11) is 3.11. The summed E-state index contributed by atoms with van der Waals surface area (Å²) in [4.78, 5) is 49.8. The zero-order valence-corrected chi connectivity index (χ0v) is 27.7. The van der Waals surface area contributed by atoms with Gasteiger partial charge in [0, 0.05) is 36.9 Å². The van der Waals surface area contributed by atoms with Crippen LogP contribution in [0.1, 0.15) is 24.6 Å². The van der Waals surface area contributed by atoms with Crippen molar-refractivity contribution in [3.8, 4) is 11.8 Å². The third kappa shape index (κ3) is 7.61. The number of para-hydroxylation sites is 1. The molecule has 3 amide bonds. The Bertz CT molecular complexity index is 1810. The molecule has 0 saturated carbocycles. The molecule has 1 aliphatic rings. The molecular weight excluding hydrogens is 647 g/mol. The molecule has 1 fully saturated rings. The van der Waals surface area contributed by atoms with Crippen molar-refractivity contribution in [2.24, 2.45) is 5.92 Å². The van der Waals surface area contributed by atoms with Gasteiger partial charge in [-0.15, -0.1) is 0 Å². The molecule has 3 heterocycles. The summed E-state index contributed by atoms with van der Waals surface area (Å²) in [6.45, 7) is 5.87. The van der Waals surface area contributed by atoms with Crippen molar-refractivity contribution < 1.29 is 28.6 Å². The lowest BCUT2D eigenvalue weighted by Gasteiger charge is -2.22. The number of allylic oxidation sites excluding steroid dienone is 1. The minimum absolute atomic E-state index is 0.00913. The Morgan fingerprint density at radius 2 is 1.94 bits per heavy atom. The Morgan fingerprint density at radius 3 is 2.66 bits per heavy atom. The lowest BCUT2D eigenvalue weighted by atomic mass is 10.1. The number of rotatable bonds is 11. The maximum Gasteiger partial charge on any atom is 0.414 e. The van der Waals surface area contributed by atoms with Crippen LogP contribution in [0.3, 0.4) is 0 Å². The number of carbonyl (C=O) groups is 3. The molecule has 47 heavy (non-hydrogen) atoms. The molecule has 12 nitrogen and oxygen atoms in total. The highest BCUT2D eigenvalue weighted by atomic mass is 35.5. The average Bonchev–Trinajstić information content (AvgIpc) is 3.69. The summed E-state index contributed by atoms with van der Waals surface area (Å²) in [5.74, 6) is -0.430. The van der Waals surface area contributed by atoms with Gasteiger partial charge in [0.05, 0.1) is 53.8 Å². The van der Waals surface area contributed by atoms with Gasteiger partial charge in [0.15, 0.2) is 0 Å². The third-order valence-corrected chi connectivity index (χ3v) is 8.48. The van der Waals surface area contributed by atoms with Gasteiger partial charge in [-0.3, -0.25) is 19.1 Å². The Labute approximate surface area is 281 Å². The first-order chi connectivity index (χ1) is 22.6. The van der Waals surface area contributed by atoms with Gasteiger partial charge in [0.25, 0.3) is 6.01 Å². The van der Waals surface area contributed by atoms with Crippen LogP contribution in [-0.4, -0.2) is 71.1 Å². The Hall–Kier alpha value is -4.81. The maximum atomic E-state index is 13.1.